The van der Waals surface area contributed by atoms with Crippen molar-refractivity contribution in [1.82, 2.24) is 9.71 Å². The van der Waals surface area contributed by atoms with E-state index < -0.39 is 23.4 Å². The molecule has 0 amide bonds. The molecule has 2 rings (SSSR count). The Labute approximate surface area is 160 Å². The predicted octanol–water partition coefficient (Wildman–Crippen LogP) is 3.51. The van der Waals surface area contributed by atoms with Crippen molar-refractivity contribution in [3.05, 3.63) is 66.0 Å². The number of pyridine rings is 1. The van der Waals surface area contributed by atoms with Crippen molar-refractivity contribution in [3.8, 4) is 0 Å². The molecule has 1 atom stereocenters. The molecule has 7 nitrogen and oxygen atoms in total. The molecule has 0 saturated carbocycles. The van der Waals surface area contributed by atoms with Crippen molar-refractivity contribution in [3.63, 3.8) is 0 Å². The van der Waals surface area contributed by atoms with Crippen molar-refractivity contribution >= 4 is 17.6 Å². The summed E-state index contributed by atoms with van der Waals surface area (Å²) in [6.07, 6.45) is 1.85. The molecule has 0 radical (unpaired) electrons. The number of benzene rings is 1. The summed E-state index contributed by atoms with van der Waals surface area (Å²) < 4.78 is 51.9. The summed E-state index contributed by atoms with van der Waals surface area (Å²) in [7, 11) is -7.52. The molecule has 148 valence electrons. The first-order valence-corrected chi connectivity index (χ1v) is 12.0. The average molecular weight is 412 g/mol. The highest BCUT2D eigenvalue weighted by atomic mass is 32.2. The maximum absolute atomic E-state index is 13.3. The molecule has 1 heterocycles. The second-order valence-corrected chi connectivity index (χ2v) is 9.68. The van der Waals surface area contributed by atoms with Gasteiger partial charge in [0.2, 0.25) is 10.0 Å². The summed E-state index contributed by atoms with van der Waals surface area (Å²) in [5, 5.41) is 0. The van der Waals surface area contributed by atoms with Gasteiger partial charge in [-0.2, -0.15) is 4.72 Å². The second kappa shape index (κ2) is 10.1. The van der Waals surface area contributed by atoms with E-state index in [1.165, 1.54) is 0 Å². The molecule has 0 fully saturated rings. The fourth-order valence-electron chi connectivity index (χ4n) is 2.51. The third-order valence-corrected chi connectivity index (χ3v) is 7.50. The van der Waals surface area contributed by atoms with Crippen LogP contribution in [0.1, 0.15) is 30.9 Å². The largest absolute Gasteiger partial charge is 0.352 e. The van der Waals surface area contributed by atoms with Gasteiger partial charge < -0.3 is 9.05 Å². The van der Waals surface area contributed by atoms with Crippen LogP contribution >= 0.6 is 7.60 Å². The van der Waals surface area contributed by atoms with Crippen LogP contribution in [0.15, 0.2) is 54.7 Å². The Balaban J connectivity index is 2.26. The number of aromatic nitrogens is 1. The number of nitrogens with one attached hydrogen (secondary N) is 1. The summed E-state index contributed by atoms with van der Waals surface area (Å²) in [6, 6.07) is 14.0. The molecule has 9 heteroatoms. The maximum atomic E-state index is 13.3. The van der Waals surface area contributed by atoms with Gasteiger partial charge in [-0.05, 0) is 31.5 Å². The normalized spacial score (nSPS) is 13.4. The van der Waals surface area contributed by atoms with Crippen LogP contribution in [0.3, 0.4) is 0 Å². The van der Waals surface area contributed by atoms with Gasteiger partial charge in [-0.3, -0.25) is 9.55 Å². The van der Waals surface area contributed by atoms with E-state index in [0.717, 1.165) is 0 Å². The number of hydrogen-bond acceptors (Lipinski definition) is 6. The first kappa shape index (κ1) is 21.7. The summed E-state index contributed by atoms with van der Waals surface area (Å²) in [6.45, 7) is 3.64. The van der Waals surface area contributed by atoms with E-state index in [-0.39, 0.29) is 25.4 Å². The van der Waals surface area contributed by atoms with Crippen molar-refractivity contribution < 1.29 is 22.0 Å². The lowest BCUT2D eigenvalue weighted by Gasteiger charge is -2.27. The molecule has 1 N–H and O–H groups in total. The van der Waals surface area contributed by atoms with E-state index >= 15 is 0 Å². The Kier molecular flexibility index (Phi) is 8.13. The highest BCUT2D eigenvalue weighted by molar-refractivity contribution is 7.89. The smallest absolute Gasteiger partial charge is 0.308 e. The van der Waals surface area contributed by atoms with Gasteiger partial charge in [-0.1, -0.05) is 36.4 Å². The molecule has 0 aliphatic carbocycles. The van der Waals surface area contributed by atoms with Gasteiger partial charge in [0.1, 0.15) is 5.78 Å². The Morgan fingerprint density at radius 2 is 1.67 bits per heavy atom. The van der Waals surface area contributed by atoms with Crippen LogP contribution in [0.4, 0.5) is 0 Å². The van der Waals surface area contributed by atoms with Gasteiger partial charge in [0.05, 0.1) is 19.0 Å². The van der Waals surface area contributed by atoms with Crippen LogP contribution < -0.4 is 4.72 Å². The zero-order valence-corrected chi connectivity index (χ0v) is 17.2. The Morgan fingerprint density at radius 3 is 2.22 bits per heavy atom. The Hall–Kier alpha value is -1.57. The van der Waals surface area contributed by atoms with Gasteiger partial charge >= 0.3 is 7.60 Å². The minimum absolute atomic E-state index is 0.135. The van der Waals surface area contributed by atoms with Crippen LogP contribution in [-0.2, 0) is 30.1 Å². The first-order valence-electron chi connectivity index (χ1n) is 8.74. The lowest BCUT2D eigenvalue weighted by atomic mass is 10.2. The zero-order chi connectivity index (χ0) is 19.8. The van der Waals surface area contributed by atoms with Crippen LogP contribution in [0.25, 0.3) is 0 Å². The lowest BCUT2D eigenvalue weighted by molar-refractivity contribution is 0.210. The molecule has 0 aliphatic rings. The van der Waals surface area contributed by atoms with E-state index in [0.29, 0.717) is 11.3 Å². The highest BCUT2D eigenvalue weighted by Crippen LogP contribution is 2.59. The molecule has 0 aliphatic heterocycles. The fraction of sp³-hybridized carbons (Fsp3) is 0.389. The molecule has 0 saturated heterocycles. The molecular weight excluding hydrogens is 387 g/mol. The highest BCUT2D eigenvalue weighted by Gasteiger charge is 2.39. The molecular formula is C18H25N2O5PS. The number of sulfonamides is 1. The topological polar surface area (TPSA) is 94.6 Å². The third kappa shape index (κ3) is 6.52. The molecule has 1 aromatic heterocycles. The number of nitrogens with zero attached hydrogens (tertiary/aromatic N) is 1. The summed E-state index contributed by atoms with van der Waals surface area (Å²) in [5.41, 5.74) is 1.18. The van der Waals surface area contributed by atoms with Gasteiger partial charge in [0.25, 0.3) is 0 Å². The molecule has 0 bridgehead atoms. The van der Waals surface area contributed by atoms with Gasteiger partial charge in [0.15, 0.2) is 0 Å². The van der Waals surface area contributed by atoms with Crippen molar-refractivity contribution in [2.24, 2.45) is 0 Å². The van der Waals surface area contributed by atoms with Gasteiger partial charge in [-0.25, -0.2) is 8.42 Å². The minimum Gasteiger partial charge on any atom is -0.308 e. The third-order valence-electron chi connectivity index (χ3n) is 3.69. The van der Waals surface area contributed by atoms with Gasteiger partial charge in [0, 0.05) is 18.3 Å². The molecule has 27 heavy (non-hydrogen) atoms. The fourth-order valence-corrected chi connectivity index (χ4v) is 6.21. The summed E-state index contributed by atoms with van der Waals surface area (Å²) in [4.78, 5) is 4.13. The number of aryl methyl sites for hydroxylation is 1. The van der Waals surface area contributed by atoms with Crippen LogP contribution in [0.5, 0.6) is 0 Å². The zero-order valence-electron chi connectivity index (χ0n) is 15.4. The van der Waals surface area contributed by atoms with Crippen molar-refractivity contribution in [2.45, 2.75) is 26.1 Å². The van der Waals surface area contributed by atoms with E-state index in [2.05, 4.69) is 9.71 Å². The van der Waals surface area contributed by atoms with Crippen LogP contribution in [0.2, 0.25) is 0 Å². The minimum atomic E-state index is -3.77. The van der Waals surface area contributed by atoms with E-state index in [1.807, 2.05) is 0 Å². The van der Waals surface area contributed by atoms with E-state index in [4.69, 9.17) is 9.05 Å². The first-order chi connectivity index (χ1) is 12.9. The van der Waals surface area contributed by atoms with Crippen molar-refractivity contribution in [2.75, 3.05) is 19.0 Å². The maximum Gasteiger partial charge on any atom is 0.352 e. The van der Waals surface area contributed by atoms with Crippen molar-refractivity contribution in [1.29, 1.82) is 0 Å². The van der Waals surface area contributed by atoms with E-state index in [9.17, 15) is 13.0 Å². The second-order valence-electron chi connectivity index (χ2n) is 5.70. The van der Waals surface area contributed by atoms with Gasteiger partial charge in [-0.15, -0.1) is 0 Å². The summed E-state index contributed by atoms with van der Waals surface area (Å²) in [5.74, 6) is -1.31. The van der Waals surface area contributed by atoms with Crippen LogP contribution in [0, 0.1) is 0 Å². The average Bonchev–Trinajstić information content (AvgIpc) is 2.67. The Bertz CT molecular complexity index is 837. The Morgan fingerprint density at radius 1 is 1.04 bits per heavy atom. The molecule has 1 aromatic carbocycles. The summed E-state index contributed by atoms with van der Waals surface area (Å²) >= 11 is 0. The van der Waals surface area contributed by atoms with Crippen LogP contribution in [-0.4, -0.2) is 32.4 Å². The van der Waals surface area contributed by atoms with E-state index in [1.54, 1.807) is 68.6 Å². The lowest BCUT2D eigenvalue weighted by Crippen LogP contribution is -2.32. The standard InChI is InChI=1S/C18H25N2O5PS/c1-3-24-26(21,25-4-2)18(16-10-6-5-7-11-16)20-27(22,23)15-13-17-12-8-9-14-19-17/h5-12,14,18,20H,3-4,13,15H2,1-2H3. The molecule has 0 spiro atoms. The quantitative estimate of drug-likeness (QED) is 0.568. The predicted molar refractivity (Wildman–Crippen MR) is 105 cm³/mol. The monoisotopic (exact) mass is 412 g/mol. The number of rotatable bonds is 11. The SMILES string of the molecule is CCOP(=O)(OCC)C(NS(=O)(=O)CCc1ccccn1)c1ccccc1. The molecule has 2 aromatic rings. The number of hydrogen-bond donors (Lipinski definition) is 1. The molecule has 1 unspecified atom stereocenters.